The maximum absolute atomic E-state index is 9.51. The van der Waals surface area contributed by atoms with Gasteiger partial charge in [-0.2, -0.15) is 0 Å². The van der Waals surface area contributed by atoms with Gasteiger partial charge >= 0.3 is 0 Å². The number of aromatic nitrogens is 1. The lowest BCUT2D eigenvalue weighted by molar-refractivity contribution is 0.420. The van der Waals surface area contributed by atoms with E-state index >= 15 is 0 Å². The van der Waals surface area contributed by atoms with Gasteiger partial charge in [-0.05, 0) is 48.9 Å². The minimum Gasteiger partial charge on any atom is -0.508 e. The van der Waals surface area contributed by atoms with Gasteiger partial charge in [-0.25, -0.2) is 4.98 Å². The highest BCUT2D eigenvalue weighted by Gasteiger charge is 2.11. The van der Waals surface area contributed by atoms with Gasteiger partial charge in [0.15, 0.2) is 0 Å². The van der Waals surface area contributed by atoms with Gasteiger partial charge in [-0.1, -0.05) is 0 Å². The number of nitrogens with one attached hydrogen (secondary N) is 1. The molecule has 0 bridgehead atoms. The fourth-order valence-electron chi connectivity index (χ4n) is 2.49. The molecule has 5 heteroatoms. The third kappa shape index (κ3) is 2.37. The first-order valence-electron chi connectivity index (χ1n) is 6.88. The first-order valence-corrected chi connectivity index (χ1v) is 6.88. The molecule has 22 heavy (non-hydrogen) atoms. The minimum atomic E-state index is 0.232. The van der Waals surface area contributed by atoms with Crippen LogP contribution in [0.25, 0.3) is 10.8 Å². The summed E-state index contributed by atoms with van der Waals surface area (Å²) in [5.74, 6) is 1.63. The molecule has 0 amide bonds. The Balaban J connectivity index is 2.15. The van der Waals surface area contributed by atoms with Crippen LogP contribution in [0, 0.1) is 6.92 Å². The molecule has 5 nitrogen and oxygen atoms in total. The van der Waals surface area contributed by atoms with Crippen molar-refractivity contribution in [2.75, 3.05) is 18.2 Å². The second kappa shape index (κ2) is 5.44. The van der Waals surface area contributed by atoms with E-state index in [1.54, 1.807) is 31.5 Å². The maximum Gasteiger partial charge on any atom is 0.140 e. The maximum atomic E-state index is 9.51. The van der Waals surface area contributed by atoms with Crippen molar-refractivity contribution >= 4 is 28.0 Å². The normalized spacial score (nSPS) is 10.6. The summed E-state index contributed by atoms with van der Waals surface area (Å²) in [7, 11) is 1.63. The summed E-state index contributed by atoms with van der Waals surface area (Å²) < 4.78 is 5.38. The van der Waals surface area contributed by atoms with Gasteiger partial charge in [0, 0.05) is 23.0 Å². The number of ether oxygens (including phenoxy) is 1. The monoisotopic (exact) mass is 295 g/mol. The Bertz CT molecular complexity index is 847. The molecule has 0 radical (unpaired) electrons. The fourth-order valence-corrected chi connectivity index (χ4v) is 2.49. The summed E-state index contributed by atoms with van der Waals surface area (Å²) in [4.78, 5) is 4.39. The third-order valence-corrected chi connectivity index (χ3v) is 3.60. The summed E-state index contributed by atoms with van der Waals surface area (Å²) in [5.41, 5.74) is 8.53. The van der Waals surface area contributed by atoms with Gasteiger partial charge < -0.3 is 20.9 Å². The molecule has 0 aliphatic carbocycles. The lowest BCUT2D eigenvalue weighted by atomic mass is 10.1. The van der Waals surface area contributed by atoms with Gasteiger partial charge in [-0.15, -0.1) is 0 Å². The predicted molar refractivity (Wildman–Crippen MR) is 88.8 cm³/mol. The van der Waals surface area contributed by atoms with Gasteiger partial charge in [0.1, 0.15) is 17.3 Å². The lowest BCUT2D eigenvalue weighted by Crippen LogP contribution is -1.99. The Kier molecular flexibility index (Phi) is 3.47. The van der Waals surface area contributed by atoms with Crippen LogP contribution in [0.15, 0.2) is 42.6 Å². The summed E-state index contributed by atoms with van der Waals surface area (Å²) in [6, 6.07) is 10.6. The molecule has 0 fully saturated rings. The molecule has 0 spiro atoms. The van der Waals surface area contributed by atoms with E-state index in [1.165, 1.54) is 0 Å². The van der Waals surface area contributed by atoms with Crippen LogP contribution in [-0.2, 0) is 0 Å². The number of benzene rings is 2. The van der Waals surface area contributed by atoms with Crippen LogP contribution in [-0.4, -0.2) is 17.2 Å². The molecule has 3 aromatic rings. The van der Waals surface area contributed by atoms with E-state index < -0.39 is 0 Å². The van der Waals surface area contributed by atoms with Crippen LogP contribution in [0.2, 0.25) is 0 Å². The molecule has 0 atom stereocenters. The van der Waals surface area contributed by atoms with Gasteiger partial charge in [0.2, 0.25) is 0 Å². The van der Waals surface area contributed by atoms with E-state index in [1.807, 2.05) is 25.1 Å². The van der Waals surface area contributed by atoms with Crippen molar-refractivity contribution in [1.82, 2.24) is 4.98 Å². The molecular weight excluding hydrogens is 278 g/mol. The standard InChI is InChI=1S/C17H17N3O2/c1-10-9-11(21)3-5-14(10)20-17-16-12(7-8-19-17)15(22-2)6-4-13(16)18/h3-9,21H,18H2,1-2H3,(H,19,20). The molecule has 1 heterocycles. The molecule has 0 aliphatic rings. The van der Waals surface area contributed by atoms with Crippen LogP contribution < -0.4 is 15.8 Å². The molecule has 4 N–H and O–H groups in total. The van der Waals surface area contributed by atoms with Crippen molar-refractivity contribution in [3.8, 4) is 11.5 Å². The Morgan fingerprint density at radius 2 is 2.00 bits per heavy atom. The highest BCUT2D eigenvalue weighted by atomic mass is 16.5. The molecule has 3 rings (SSSR count). The first kappa shape index (κ1) is 14.0. The second-order valence-corrected chi connectivity index (χ2v) is 5.06. The number of hydrogen-bond donors (Lipinski definition) is 3. The van der Waals surface area contributed by atoms with Crippen molar-refractivity contribution in [2.24, 2.45) is 0 Å². The van der Waals surface area contributed by atoms with Crippen molar-refractivity contribution in [3.05, 3.63) is 48.2 Å². The van der Waals surface area contributed by atoms with E-state index in [0.717, 1.165) is 27.8 Å². The number of phenols is 1. The van der Waals surface area contributed by atoms with E-state index in [-0.39, 0.29) is 5.75 Å². The van der Waals surface area contributed by atoms with Crippen molar-refractivity contribution in [1.29, 1.82) is 0 Å². The number of nitrogens with zero attached hydrogens (tertiary/aromatic N) is 1. The summed E-state index contributed by atoms with van der Waals surface area (Å²) in [6.07, 6.45) is 1.71. The van der Waals surface area contributed by atoms with Crippen LogP contribution in [0.1, 0.15) is 5.56 Å². The number of pyridine rings is 1. The third-order valence-electron chi connectivity index (χ3n) is 3.60. The number of anilines is 3. The zero-order chi connectivity index (χ0) is 15.7. The minimum absolute atomic E-state index is 0.232. The molecule has 0 unspecified atom stereocenters. The number of aryl methyl sites for hydroxylation is 1. The molecular formula is C17H17N3O2. The fraction of sp³-hybridized carbons (Fsp3) is 0.118. The predicted octanol–water partition coefficient (Wildman–Crippen LogP) is 3.58. The average Bonchev–Trinajstić information content (AvgIpc) is 2.50. The molecule has 0 saturated carbocycles. The lowest BCUT2D eigenvalue weighted by Gasteiger charge is -2.14. The average molecular weight is 295 g/mol. The van der Waals surface area contributed by atoms with E-state index in [9.17, 15) is 5.11 Å². The smallest absolute Gasteiger partial charge is 0.140 e. The Morgan fingerprint density at radius 1 is 1.18 bits per heavy atom. The van der Waals surface area contributed by atoms with Crippen molar-refractivity contribution < 1.29 is 9.84 Å². The Hall–Kier alpha value is -2.95. The van der Waals surface area contributed by atoms with Crippen LogP contribution in [0.4, 0.5) is 17.2 Å². The number of phenolic OH excluding ortho intramolecular Hbond substituents is 1. The van der Waals surface area contributed by atoms with Crippen LogP contribution >= 0.6 is 0 Å². The van der Waals surface area contributed by atoms with E-state index in [2.05, 4.69) is 10.3 Å². The van der Waals surface area contributed by atoms with Crippen LogP contribution in [0.3, 0.4) is 0 Å². The molecule has 2 aromatic carbocycles. The van der Waals surface area contributed by atoms with Gasteiger partial charge in [0.05, 0.1) is 12.5 Å². The van der Waals surface area contributed by atoms with Gasteiger partial charge in [-0.3, -0.25) is 0 Å². The van der Waals surface area contributed by atoms with Crippen molar-refractivity contribution in [2.45, 2.75) is 6.92 Å². The Labute approximate surface area is 128 Å². The van der Waals surface area contributed by atoms with E-state index in [0.29, 0.717) is 11.5 Å². The zero-order valence-electron chi connectivity index (χ0n) is 12.4. The SMILES string of the molecule is COc1ccc(N)c2c(Nc3ccc(O)cc3C)nccc12. The first-order chi connectivity index (χ1) is 10.6. The quantitative estimate of drug-likeness (QED) is 0.508. The largest absolute Gasteiger partial charge is 0.508 e. The summed E-state index contributed by atoms with van der Waals surface area (Å²) >= 11 is 0. The number of nitrogens with two attached hydrogens (primary N) is 1. The molecule has 1 aromatic heterocycles. The summed E-state index contributed by atoms with van der Waals surface area (Å²) in [5, 5.41) is 14.5. The number of methoxy groups -OCH3 is 1. The van der Waals surface area contributed by atoms with E-state index in [4.69, 9.17) is 10.5 Å². The number of fused-ring (bicyclic) bond motifs is 1. The van der Waals surface area contributed by atoms with Gasteiger partial charge in [0.25, 0.3) is 0 Å². The zero-order valence-corrected chi connectivity index (χ0v) is 12.4. The molecule has 112 valence electrons. The number of hydrogen-bond acceptors (Lipinski definition) is 5. The molecule has 0 saturated heterocycles. The summed E-state index contributed by atoms with van der Waals surface area (Å²) in [6.45, 7) is 1.91. The van der Waals surface area contributed by atoms with Crippen molar-refractivity contribution in [3.63, 3.8) is 0 Å². The highest BCUT2D eigenvalue weighted by molar-refractivity contribution is 6.04. The number of aromatic hydroxyl groups is 1. The number of nitrogen functional groups attached to an aromatic ring is 1. The molecule has 0 aliphatic heterocycles. The number of rotatable bonds is 3. The van der Waals surface area contributed by atoms with Crippen LogP contribution in [0.5, 0.6) is 11.5 Å². The Morgan fingerprint density at radius 3 is 2.73 bits per heavy atom. The topological polar surface area (TPSA) is 80.4 Å². The second-order valence-electron chi connectivity index (χ2n) is 5.06. The highest BCUT2D eigenvalue weighted by Crippen LogP contribution is 2.35.